The van der Waals surface area contributed by atoms with Crippen LogP contribution in [0.3, 0.4) is 0 Å². The highest BCUT2D eigenvalue weighted by Gasteiger charge is 2.15. The first-order chi connectivity index (χ1) is 9.58. The fourth-order valence-corrected chi connectivity index (χ4v) is 2.67. The third-order valence-corrected chi connectivity index (χ3v) is 4.07. The molecule has 2 N–H and O–H groups in total. The fourth-order valence-electron chi connectivity index (χ4n) is 1.92. The molecule has 110 valence electrons. The van der Waals surface area contributed by atoms with E-state index in [0.717, 1.165) is 18.4 Å². The summed E-state index contributed by atoms with van der Waals surface area (Å²) in [5.74, 6) is 6.35. The Kier molecular flexibility index (Phi) is 7.35. The topological polar surface area (TPSA) is 49.3 Å². The van der Waals surface area contributed by atoms with E-state index in [1.54, 1.807) is 0 Å². The second-order valence-corrected chi connectivity index (χ2v) is 5.98. The van der Waals surface area contributed by atoms with Crippen molar-refractivity contribution in [1.29, 1.82) is 0 Å². The van der Waals surface area contributed by atoms with Crippen LogP contribution in [0.1, 0.15) is 55.3 Å². The number of rotatable bonds is 6. The normalized spacial score (nSPS) is 13.2. The zero-order chi connectivity index (χ0) is 15.0. The van der Waals surface area contributed by atoms with Gasteiger partial charge in [0.2, 0.25) is 0 Å². The molecule has 0 aromatic carbocycles. The van der Waals surface area contributed by atoms with Crippen LogP contribution in [0.4, 0.5) is 0 Å². The summed E-state index contributed by atoms with van der Waals surface area (Å²) in [7, 11) is 0. The Morgan fingerprint density at radius 2 is 2.25 bits per heavy atom. The maximum absolute atomic E-state index is 12.2. The van der Waals surface area contributed by atoms with Gasteiger partial charge in [-0.2, -0.15) is 0 Å². The molecular formula is C16H23NO2S. The molecule has 1 amide bonds. The van der Waals surface area contributed by atoms with E-state index in [-0.39, 0.29) is 18.6 Å². The minimum absolute atomic E-state index is 0.0462. The molecule has 1 heterocycles. The molecule has 1 aromatic rings. The Morgan fingerprint density at radius 1 is 1.50 bits per heavy atom. The number of carbonyl (C=O) groups is 1. The van der Waals surface area contributed by atoms with E-state index in [4.69, 9.17) is 5.11 Å². The van der Waals surface area contributed by atoms with Crippen LogP contribution in [0, 0.1) is 17.8 Å². The number of nitrogens with one attached hydrogen (secondary N) is 1. The number of hydrogen-bond donors (Lipinski definition) is 2. The monoisotopic (exact) mass is 293 g/mol. The highest BCUT2D eigenvalue weighted by Crippen LogP contribution is 2.17. The Hall–Kier alpha value is -1.31. The van der Waals surface area contributed by atoms with Gasteiger partial charge in [-0.3, -0.25) is 4.79 Å². The second-order valence-electron chi connectivity index (χ2n) is 5.06. The highest BCUT2D eigenvalue weighted by molar-refractivity contribution is 7.12. The average Bonchev–Trinajstić information content (AvgIpc) is 2.87. The summed E-state index contributed by atoms with van der Waals surface area (Å²) in [6, 6.07) is 2.02. The van der Waals surface area contributed by atoms with Crippen molar-refractivity contribution in [2.75, 3.05) is 6.61 Å². The molecule has 0 aliphatic rings. The van der Waals surface area contributed by atoms with Crippen LogP contribution in [0.5, 0.6) is 0 Å². The summed E-state index contributed by atoms with van der Waals surface area (Å²) < 4.78 is 0. The molecule has 0 aliphatic heterocycles. The van der Waals surface area contributed by atoms with Crippen molar-refractivity contribution in [2.45, 2.75) is 46.1 Å². The molecule has 0 bridgehead atoms. The highest BCUT2D eigenvalue weighted by atomic mass is 32.1. The van der Waals surface area contributed by atoms with Gasteiger partial charge in [-0.05, 0) is 30.7 Å². The summed E-state index contributed by atoms with van der Waals surface area (Å²) >= 11 is 1.41. The van der Waals surface area contributed by atoms with Gasteiger partial charge >= 0.3 is 0 Å². The molecule has 0 spiro atoms. The van der Waals surface area contributed by atoms with Gasteiger partial charge in [-0.25, -0.2) is 0 Å². The first kappa shape index (κ1) is 16.7. The van der Waals surface area contributed by atoms with Crippen LogP contribution in [-0.2, 0) is 0 Å². The van der Waals surface area contributed by atoms with Gasteiger partial charge in [0.25, 0.3) is 5.91 Å². The van der Waals surface area contributed by atoms with E-state index in [2.05, 4.69) is 31.0 Å². The van der Waals surface area contributed by atoms with Crippen molar-refractivity contribution in [3.05, 3.63) is 21.9 Å². The quantitative estimate of drug-likeness (QED) is 0.792. The number of carbonyl (C=O) groups excluding carboxylic acids is 1. The SMILES string of the molecule is CCC(C)CC(C)NC(=O)c1sccc1C#CCCO. The summed E-state index contributed by atoms with van der Waals surface area (Å²) in [5, 5.41) is 13.6. The maximum Gasteiger partial charge on any atom is 0.262 e. The van der Waals surface area contributed by atoms with Crippen molar-refractivity contribution >= 4 is 17.2 Å². The molecule has 0 fully saturated rings. The smallest absolute Gasteiger partial charge is 0.262 e. The van der Waals surface area contributed by atoms with Gasteiger partial charge in [-0.15, -0.1) is 11.3 Å². The van der Waals surface area contributed by atoms with E-state index in [9.17, 15) is 4.79 Å². The Balaban J connectivity index is 2.64. The van der Waals surface area contributed by atoms with Crippen molar-refractivity contribution in [2.24, 2.45) is 5.92 Å². The third kappa shape index (κ3) is 5.36. The number of thiophene rings is 1. The van der Waals surface area contributed by atoms with Gasteiger partial charge in [0.1, 0.15) is 4.88 Å². The van der Waals surface area contributed by atoms with E-state index in [1.807, 2.05) is 18.4 Å². The first-order valence-corrected chi connectivity index (χ1v) is 7.94. The molecule has 1 aromatic heterocycles. The number of amides is 1. The molecule has 2 unspecified atom stereocenters. The predicted molar refractivity (Wildman–Crippen MR) is 83.9 cm³/mol. The summed E-state index contributed by atoms with van der Waals surface area (Å²) in [6.45, 7) is 6.44. The lowest BCUT2D eigenvalue weighted by Crippen LogP contribution is -2.33. The number of hydrogen-bond acceptors (Lipinski definition) is 3. The van der Waals surface area contributed by atoms with E-state index in [1.165, 1.54) is 11.3 Å². The molecule has 0 aliphatic carbocycles. The first-order valence-electron chi connectivity index (χ1n) is 7.06. The van der Waals surface area contributed by atoms with Crippen molar-refractivity contribution < 1.29 is 9.90 Å². The van der Waals surface area contributed by atoms with Gasteiger partial charge in [0.05, 0.1) is 6.61 Å². The molecule has 0 radical (unpaired) electrons. The van der Waals surface area contributed by atoms with E-state index < -0.39 is 0 Å². The third-order valence-electron chi connectivity index (χ3n) is 3.16. The summed E-state index contributed by atoms with van der Waals surface area (Å²) in [6.07, 6.45) is 2.54. The average molecular weight is 293 g/mol. The van der Waals surface area contributed by atoms with Crippen LogP contribution in [0.25, 0.3) is 0 Å². The summed E-state index contributed by atoms with van der Waals surface area (Å²) in [5.41, 5.74) is 0.747. The molecule has 0 saturated carbocycles. The lowest BCUT2D eigenvalue weighted by Gasteiger charge is -2.17. The molecule has 20 heavy (non-hydrogen) atoms. The van der Waals surface area contributed by atoms with Crippen LogP contribution in [0.2, 0.25) is 0 Å². The van der Waals surface area contributed by atoms with Crippen LogP contribution < -0.4 is 5.32 Å². The summed E-state index contributed by atoms with van der Waals surface area (Å²) in [4.78, 5) is 12.9. The van der Waals surface area contributed by atoms with E-state index >= 15 is 0 Å². The number of aliphatic hydroxyl groups excluding tert-OH is 1. The Labute approximate surface area is 125 Å². The van der Waals surface area contributed by atoms with Gasteiger partial charge in [0, 0.05) is 18.0 Å². The van der Waals surface area contributed by atoms with Crippen molar-refractivity contribution in [1.82, 2.24) is 5.32 Å². The lowest BCUT2D eigenvalue weighted by atomic mass is 10.0. The molecule has 0 saturated heterocycles. The predicted octanol–water partition coefficient (Wildman–Crippen LogP) is 3.04. The van der Waals surface area contributed by atoms with Crippen LogP contribution in [0.15, 0.2) is 11.4 Å². The van der Waals surface area contributed by atoms with Crippen LogP contribution in [-0.4, -0.2) is 23.7 Å². The Bertz CT molecular complexity index is 484. The minimum atomic E-state index is -0.0518. The molecule has 1 rings (SSSR count). The second kappa shape index (κ2) is 8.78. The molecule has 4 heteroatoms. The fraction of sp³-hybridized carbons (Fsp3) is 0.562. The minimum Gasteiger partial charge on any atom is -0.395 e. The number of aliphatic hydroxyl groups is 1. The van der Waals surface area contributed by atoms with Gasteiger partial charge in [0.15, 0.2) is 0 Å². The van der Waals surface area contributed by atoms with Crippen molar-refractivity contribution in [3.8, 4) is 11.8 Å². The zero-order valence-corrected chi connectivity index (χ0v) is 13.2. The lowest BCUT2D eigenvalue weighted by molar-refractivity contribution is 0.0939. The largest absolute Gasteiger partial charge is 0.395 e. The molecular weight excluding hydrogens is 270 g/mol. The van der Waals surface area contributed by atoms with Crippen LogP contribution >= 0.6 is 11.3 Å². The van der Waals surface area contributed by atoms with Gasteiger partial charge in [-0.1, -0.05) is 32.1 Å². The zero-order valence-electron chi connectivity index (χ0n) is 12.4. The van der Waals surface area contributed by atoms with Gasteiger partial charge < -0.3 is 10.4 Å². The Morgan fingerprint density at radius 3 is 2.90 bits per heavy atom. The standard InChI is InChI=1S/C16H23NO2S/c1-4-12(2)11-13(3)17-16(19)15-14(8-10-20-15)7-5-6-9-18/h8,10,12-13,18H,4,6,9,11H2,1-3H3,(H,17,19). The maximum atomic E-state index is 12.2. The molecule has 3 nitrogen and oxygen atoms in total. The van der Waals surface area contributed by atoms with Crippen molar-refractivity contribution in [3.63, 3.8) is 0 Å². The van der Waals surface area contributed by atoms with E-state index in [0.29, 0.717) is 17.2 Å². The molecule has 2 atom stereocenters.